The summed E-state index contributed by atoms with van der Waals surface area (Å²) in [4.78, 5) is 8.73. The standard InChI is InChI=1S/C16H15N3OS/c1-20-14-6-2-4-12(8-14)15-11-21-16(19-15)10-18-13-5-3-7-17-9-13/h2-9,11,18H,10H2,1H3. The molecule has 0 saturated carbocycles. The maximum atomic E-state index is 5.24. The third-order valence-electron chi connectivity index (χ3n) is 3.02. The molecule has 2 heterocycles. The second-order valence-corrected chi connectivity index (χ2v) is 5.40. The minimum Gasteiger partial charge on any atom is -0.497 e. The zero-order valence-electron chi connectivity index (χ0n) is 11.6. The van der Waals surface area contributed by atoms with Gasteiger partial charge in [0.05, 0.1) is 25.0 Å². The van der Waals surface area contributed by atoms with Crippen LogP contribution in [0.15, 0.2) is 54.2 Å². The molecule has 1 aromatic carbocycles. The lowest BCUT2D eigenvalue weighted by molar-refractivity contribution is 0.415. The van der Waals surface area contributed by atoms with Gasteiger partial charge in [0.2, 0.25) is 0 Å². The third kappa shape index (κ3) is 3.38. The molecule has 0 radical (unpaired) electrons. The fraction of sp³-hybridized carbons (Fsp3) is 0.125. The smallest absolute Gasteiger partial charge is 0.119 e. The third-order valence-corrected chi connectivity index (χ3v) is 3.87. The molecule has 21 heavy (non-hydrogen) atoms. The van der Waals surface area contributed by atoms with Gasteiger partial charge in [0.15, 0.2) is 0 Å². The highest BCUT2D eigenvalue weighted by molar-refractivity contribution is 7.09. The van der Waals surface area contributed by atoms with Gasteiger partial charge in [0.25, 0.3) is 0 Å². The zero-order valence-corrected chi connectivity index (χ0v) is 12.4. The summed E-state index contributed by atoms with van der Waals surface area (Å²) >= 11 is 1.64. The van der Waals surface area contributed by atoms with Gasteiger partial charge in [0, 0.05) is 23.3 Å². The van der Waals surface area contributed by atoms with Gasteiger partial charge in [-0.25, -0.2) is 4.98 Å². The van der Waals surface area contributed by atoms with Crippen molar-refractivity contribution >= 4 is 17.0 Å². The average molecular weight is 297 g/mol. The number of rotatable bonds is 5. The van der Waals surface area contributed by atoms with E-state index in [0.717, 1.165) is 27.7 Å². The maximum Gasteiger partial charge on any atom is 0.119 e. The van der Waals surface area contributed by atoms with Crippen LogP contribution in [0.1, 0.15) is 5.01 Å². The number of benzene rings is 1. The summed E-state index contributed by atoms with van der Waals surface area (Å²) in [6.07, 6.45) is 3.56. The van der Waals surface area contributed by atoms with Crippen molar-refractivity contribution in [2.75, 3.05) is 12.4 Å². The van der Waals surface area contributed by atoms with E-state index in [-0.39, 0.29) is 0 Å². The van der Waals surface area contributed by atoms with Crippen LogP contribution < -0.4 is 10.1 Å². The minimum atomic E-state index is 0.695. The van der Waals surface area contributed by atoms with E-state index in [1.807, 2.05) is 36.4 Å². The van der Waals surface area contributed by atoms with Gasteiger partial charge in [-0.1, -0.05) is 12.1 Å². The Morgan fingerprint density at radius 3 is 3.00 bits per heavy atom. The number of methoxy groups -OCH3 is 1. The molecular formula is C16H15N3OS. The van der Waals surface area contributed by atoms with Gasteiger partial charge in [-0.05, 0) is 24.3 Å². The Morgan fingerprint density at radius 2 is 2.19 bits per heavy atom. The summed E-state index contributed by atoms with van der Waals surface area (Å²) in [5, 5.41) is 6.41. The number of hydrogen-bond acceptors (Lipinski definition) is 5. The van der Waals surface area contributed by atoms with Gasteiger partial charge >= 0.3 is 0 Å². The van der Waals surface area contributed by atoms with Crippen LogP contribution in [0.2, 0.25) is 0 Å². The predicted octanol–water partition coefficient (Wildman–Crippen LogP) is 3.83. The maximum absolute atomic E-state index is 5.24. The summed E-state index contributed by atoms with van der Waals surface area (Å²) in [6, 6.07) is 11.8. The molecule has 0 amide bonds. The first-order valence-electron chi connectivity index (χ1n) is 6.58. The Morgan fingerprint density at radius 1 is 1.24 bits per heavy atom. The normalized spacial score (nSPS) is 10.3. The number of aromatic nitrogens is 2. The first-order valence-corrected chi connectivity index (χ1v) is 7.46. The molecule has 0 atom stereocenters. The van der Waals surface area contributed by atoms with Crippen LogP contribution in [0.25, 0.3) is 11.3 Å². The molecular weight excluding hydrogens is 282 g/mol. The molecule has 106 valence electrons. The monoisotopic (exact) mass is 297 g/mol. The van der Waals surface area contributed by atoms with Gasteiger partial charge in [0.1, 0.15) is 10.8 Å². The molecule has 5 heteroatoms. The van der Waals surface area contributed by atoms with Crippen molar-refractivity contribution in [1.29, 1.82) is 0 Å². The first-order chi connectivity index (χ1) is 10.3. The van der Waals surface area contributed by atoms with E-state index in [4.69, 9.17) is 4.74 Å². The minimum absolute atomic E-state index is 0.695. The van der Waals surface area contributed by atoms with Crippen molar-refractivity contribution < 1.29 is 4.74 Å². The molecule has 0 spiro atoms. The van der Waals surface area contributed by atoms with E-state index in [0.29, 0.717) is 6.54 Å². The molecule has 0 fully saturated rings. The highest BCUT2D eigenvalue weighted by Gasteiger charge is 2.05. The number of anilines is 1. The molecule has 0 aliphatic heterocycles. The highest BCUT2D eigenvalue weighted by atomic mass is 32.1. The van der Waals surface area contributed by atoms with Crippen LogP contribution in [0.3, 0.4) is 0 Å². The fourth-order valence-corrected chi connectivity index (χ4v) is 2.70. The topological polar surface area (TPSA) is 47.0 Å². The predicted molar refractivity (Wildman–Crippen MR) is 85.7 cm³/mol. The largest absolute Gasteiger partial charge is 0.497 e. The van der Waals surface area contributed by atoms with Crippen LogP contribution in [-0.2, 0) is 6.54 Å². The van der Waals surface area contributed by atoms with E-state index < -0.39 is 0 Å². The van der Waals surface area contributed by atoms with Crippen LogP contribution in [0.5, 0.6) is 5.75 Å². The van der Waals surface area contributed by atoms with E-state index in [9.17, 15) is 0 Å². The number of hydrogen-bond donors (Lipinski definition) is 1. The number of nitrogens with one attached hydrogen (secondary N) is 1. The molecule has 2 aromatic heterocycles. The SMILES string of the molecule is COc1cccc(-c2csc(CNc3cccnc3)n2)c1. The number of nitrogens with zero attached hydrogens (tertiary/aromatic N) is 2. The molecule has 1 N–H and O–H groups in total. The molecule has 0 bridgehead atoms. The van der Waals surface area contributed by atoms with Crippen molar-refractivity contribution in [3.63, 3.8) is 0 Å². The van der Waals surface area contributed by atoms with Crippen LogP contribution in [-0.4, -0.2) is 17.1 Å². The van der Waals surface area contributed by atoms with Crippen LogP contribution >= 0.6 is 11.3 Å². The van der Waals surface area contributed by atoms with Crippen molar-refractivity contribution in [2.45, 2.75) is 6.54 Å². The molecule has 3 aromatic rings. The van der Waals surface area contributed by atoms with Crippen molar-refractivity contribution in [1.82, 2.24) is 9.97 Å². The Labute approximate surface area is 127 Å². The molecule has 0 aliphatic rings. The second kappa shape index (κ2) is 6.37. The van der Waals surface area contributed by atoms with Crippen LogP contribution in [0.4, 0.5) is 5.69 Å². The number of thiazole rings is 1. The second-order valence-electron chi connectivity index (χ2n) is 4.45. The van der Waals surface area contributed by atoms with E-state index in [1.165, 1.54) is 0 Å². The number of ether oxygens (including phenoxy) is 1. The molecule has 0 unspecified atom stereocenters. The lowest BCUT2D eigenvalue weighted by atomic mass is 10.2. The summed E-state index contributed by atoms with van der Waals surface area (Å²) in [7, 11) is 1.67. The van der Waals surface area contributed by atoms with E-state index >= 15 is 0 Å². The summed E-state index contributed by atoms with van der Waals surface area (Å²) in [5.41, 5.74) is 3.04. The average Bonchev–Trinajstić information content (AvgIpc) is 3.03. The molecule has 0 saturated heterocycles. The van der Waals surface area contributed by atoms with E-state index in [2.05, 4.69) is 20.7 Å². The first kappa shape index (κ1) is 13.6. The number of pyridine rings is 1. The lowest BCUT2D eigenvalue weighted by Crippen LogP contribution is -1.98. The highest BCUT2D eigenvalue weighted by Crippen LogP contribution is 2.25. The lowest BCUT2D eigenvalue weighted by Gasteiger charge is -2.03. The van der Waals surface area contributed by atoms with Crippen molar-refractivity contribution in [2.24, 2.45) is 0 Å². The molecule has 3 rings (SSSR count). The van der Waals surface area contributed by atoms with Crippen LogP contribution in [0, 0.1) is 0 Å². The van der Waals surface area contributed by atoms with Gasteiger partial charge in [-0.15, -0.1) is 11.3 Å². The Kier molecular flexibility index (Phi) is 4.12. The van der Waals surface area contributed by atoms with Crippen molar-refractivity contribution in [3.8, 4) is 17.0 Å². The van der Waals surface area contributed by atoms with E-state index in [1.54, 1.807) is 30.8 Å². The molecule has 4 nitrogen and oxygen atoms in total. The Bertz CT molecular complexity index is 712. The van der Waals surface area contributed by atoms with Gasteiger partial charge < -0.3 is 10.1 Å². The van der Waals surface area contributed by atoms with Crippen molar-refractivity contribution in [3.05, 3.63) is 59.2 Å². The summed E-state index contributed by atoms with van der Waals surface area (Å²) in [6.45, 7) is 0.695. The summed E-state index contributed by atoms with van der Waals surface area (Å²) < 4.78 is 5.24. The molecule has 0 aliphatic carbocycles. The Hall–Kier alpha value is -2.40. The Balaban J connectivity index is 1.71. The fourth-order valence-electron chi connectivity index (χ4n) is 1.95. The zero-order chi connectivity index (χ0) is 14.5. The quantitative estimate of drug-likeness (QED) is 0.777. The van der Waals surface area contributed by atoms with Gasteiger partial charge in [-0.2, -0.15) is 0 Å². The van der Waals surface area contributed by atoms with Gasteiger partial charge in [-0.3, -0.25) is 4.98 Å². The summed E-state index contributed by atoms with van der Waals surface area (Å²) in [5.74, 6) is 0.843.